The SMILES string of the molecule is NC(=O)c1ccc(Cc2nnc(-c3ccccc3)o2)s1. The van der Waals surface area contributed by atoms with Gasteiger partial charge in [-0.05, 0) is 24.3 Å². The minimum Gasteiger partial charge on any atom is -0.420 e. The Morgan fingerprint density at radius 3 is 2.65 bits per heavy atom. The van der Waals surface area contributed by atoms with Gasteiger partial charge in [0.15, 0.2) is 0 Å². The molecule has 3 aromatic rings. The van der Waals surface area contributed by atoms with Gasteiger partial charge in [0, 0.05) is 10.4 Å². The van der Waals surface area contributed by atoms with Gasteiger partial charge in [0.25, 0.3) is 5.91 Å². The Morgan fingerprint density at radius 1 is 1.15 bits per heavy atom. The number of nitrogens with two attached hydrogens (primary N) is 1. The zero-order valence-corrected chi connectivity index (χ0v) is 11.3. The molecule has 0 bridgehead atoms. The molecule has 2 N–H and O–H groups in total. The van der Waals surface area contributed by atoms with Crippen LogP contribution in [-0.2, 0) is 6.42 Å². The van der Waals surface area contributed by atoms with Crippen LogP contribution in [0, 0.1) is 0 Å². The molecule has 1 aromatic carbocycles. The molecule has 0 radical (unpaired) electrons. The molecule has 0 unspecified atom stereocenters. The lowest BCUT2D eigenvalue weighted by Crippen LogP contribution is -2.08. The highest BCUT2D eigenvalue weighted by atomic mass is 32.1. The standard InChI is InChI=1S/C14H11N3O2S/c15-13(18)11-7-6-10(20-11)8-12-16-17-14(19-12)9-4-2-1-3-5-9/h1-7H,8H2,(H2,15,18). The van der Waals surface area contributed by atoms with E-state index >= 15 is 0 Å². The summed E-state index contributed by atoms with van der Waals surface area (Å²) in [5, 5.41) is 8.04. The maximum atomic E-state index is 11.0. The summed E-state index contributed by atoms with van der Waals surface area (Å²) in [6.45, 7) is 0. The van der Waals surface area contributed by atoms with E-state index in [4.69, 9.17) is 10.2 Å². The van der Waals surface area contributed by atoms with Crippen molar-refractivity contribution in [3.05, 3.63) is 58.1 Å². The van der Waals surface area contributed by atoms with E-state index < -0.39 is 5.91 Å². The smallest absolute Gasteiger partial charge is 0.258 e. The highest BCUT2D eigenvalue weighted by Crippen LogP contribution is 2.22. The largest absolute Gasteiger partial charge is 0.420 e. The Balaban J connectivity index is 1.78. The summed E-state index contributed by atoms with van der Waals surface area (Å²) in [5.41, 5.74) is 6.11. The van der Waals surface area contributed by atoms with Crippen LogP contribution in [0.5, 0.6) is 0 Å². The molecule has 0 aliphatic carbocycles. The number of carbonyl (C=O) groups is 1. The van der Waals surface area contributed by atoms with Crippen molar-refractivity contribution >= 4 is 17.2 Å². The first kappa shape index (κ1) is 12.6. The summed E-state index contributed by atoms with van der Waals surface area (Å²) in [4.78, 5) is 12.5. The number of rotatable bonds is 4. The molecular formula is C14H11N3O2S. The van der Waals surface area contributed by atoms with Gasteiger partial charge >= 0.3 is 0 Å². The van der Waals surface area contributed by atoms with Crippen LogP contribution in [-0.4, -0.2) is 16.1 Å². The van der Waals surface area contributed by atoms with Crippen LogP contribution in [0.15, 0.2) is 46.9 Å². The number of carbonyl (C=O) groups excluding carboxylic acids is 1. The maximum Gasteiger partial charge on any atom is 0.258 e. The van der Waals surface area contributed by atoms with Crippen molar-refractivity contribution in [1.82, 2.24) is 10.2 Å². The van der Waals surface area contributed by atoms with Crippen molar-refractivity contribution in [2.24, 2.45) is 5.73 Å². The summed E-state index contributed by atoms with van der Waals surface area (Å²) in [6.07, 6.45) is 0.498. The topological polar surface area (TPSA) is 82.0 Å². The van der Waals surface area contributed by atoms with E-state index in [1.807, 2.05) is 36.4 Å². The lowest BCUT2D eigenvalue weighted by atomic mass is 10.2. The first-order valence-corrected chi connectivity index (χ1v) is 6.80. The summed E-state index contributed by atoms with van der Waals surface area (Å²) in [5.74, 6) is 0.589. The van der Waals surface area contributed by atoms with Crippen molar-refractivity contribution in [2.45, 2.75) is 6.42 Å². The molecule has 3 rings (SSSR count). The Bertz CT molecular complexity index is 734. The lowest BCUT2D eigenvalue weighted by Gasteiger charge is -1.92. The van der Waals surface area contributed by atoms with Gasteiger partial charge in [-0.15, -0.1) is 21.5 Å². The van der Waals surface area contributed by atoms with Gasteiger partial charge < -0.3 is 10.2 Å². The average Bonchev–Trinajstić information content (AvgIpc) is 3.10. The van der Waals surface area contributed by atoms with Gasteiger partial charge in [0.2, 0.25) is 11.8 Å². The minimum absolute atomic E-state index is 0.420. The molecule has 0 aliphatic rings. The second kappa shape index (κ2) is 5.26. The number of primary amides is 1. The molecule has 2 heterocycles. The van der Waals surface area contributed by atoms with Crippen LogP contribution >= 0.6 is 11.3 Å². The molecule has 5 nitrogen and oxygen atoms in total. The van der Waals surface area contributed by atoms with E-state index in [1.54, 1.807) is 6.07 Å². The van der Waals surface area contributed by atoms with E-state index in [9.17, 15) is 4.79 Å². The van der Waals surface area contributed by atoms with E-state index in [0.717, 1.165) is 10.4 Å². The third-order valence-corrected chi connectivity index (χ3v) is 3.82. The van der Waals surface area contributed by atoms with Crippen LogP contribution in [0.1, 0.15) is 20.4 Å². The van der Waals surface area contributed by atoms with Crippen molar-refractivity contribution in [3.8, 4) is 11.5 Å². The van der Waals surface area contributed by atoms with E-state index in [0.29, 0.717) is 23.1 Å². The summed E-state index contributed by atoms with van der Waals surface area (Å²) >= 11 is 1.34. The quantitative estimate of drug-likeness (QED) is 0.798. The Labute approximate surface area is 119 Å². The van der Waals surface area contributed by atoms with Gasteiger partial charge in [0.1, 0.15) is 0 Å². The van der Waals surface area contributed by atoms with Crippen LogP contribution in [0.25, 0.3) is 11.5 Å². The second-order valence-corrected chi connectivity index (χ2v) is 5.34. The Hall–Kier alpha value is -2.47. The summed E-state index contributed by atoms with van der Waals surface area (Å²) < 4.78 is 5.61. The number of benzene rings is 1. The molecule has 20 heavy (non-hydrogen) atoms. The normalized spacial score (nSPS) is 10.6. The van der Waals surface area contributed by atoms with E-state index in [2.05, 4.69) is 10.2 Å². The number of aromatic nitrogens is 2. The van der Waals surface area contributed by atoms with Crippen LogP contribution in [0.2, 0.25) is 0 Å². The minimum atomic E-state index is -0.420. The highest BCUT2D eigenvalue weighted by molar-refractivity contribution is 7.14. The van der Waals surface area contributed by atoms with Gasteiger partial charge in [0.05, 0.1) is 11.3 Å². The molecule has 0 aliphatic heterocycles. The number of thiophene rings is 1. The molecule has 1 amide bonds. The first-order chi connectivity index (χ1) is 9.72. The average molecular weight is 285 g/mol. The zero-order valence-electron chi connectivity index (χ0n) is 10.4. The van der Waals surface area contributed by atoms with Gasteiger partial charge in [-0.1, -0.05) is 18.2 Å². The Morgan fingerprint density at radius 2 is 1.95 bits per heavy atom. The highest BCUT2D eigenvalue weighted by Gasteiger charge is 2.11. The molecular weight excluding hydrogens is 274 g/mol. The van der Waals surface area contributed by atoms with E-state index in [1.165, 1.54) is 11.3 Å². The predicted molar refractivity (Wildman–Crippen MR) is 75.4 cm³/mol. The van der Waals surface area contributed by atoms with Crippen molar-refractivity contribution in [2.75, 3.05) is 0 Å². The second-order valence-electron chi connectivity index (χ2n) is 4.17. The number of hydrogen-bond donors (Lipinski definition) is 1. The van der Waals surface area contributed by atoms with Crippen LogP contribution in [0.3, 0.4) is 0 Å². The van der Waals surface area contributed by atoms with Gasteiger partial charge in [-0.3, -0.25) is 4.79 Å². The molecule has 0 saturated carbocycles. The number of hydrogen-bond acceptors (Lipinski definition) is 5. The molecule has 6 heteroatoms. The lowest BCUT2D eigenvalue weighted by molar-refractivity contribution is 0.100. The molecule has 0 saturated heterocycles. The van der Waals surface area contributed by atoms with Crippen LogP contribution in [0.4, 0.5) is 0 Å². The maximum absolute atomic E-state index is 11.0. The summed E-state index contributed by atoms with van der Waals surface area (Å²) in [6, 6.07) is 13.1. The van der Waals surface area contributed by atoms with Crippen molar-refractivity contribution < 1.29 is 9.21 Å². The molecule has 0 fully saturated rings. The van der Waals surface area contributed by atoms with Crippen LogP contribution < -0.4 is 5.73 Å². The van der Waals surface area contributed by atoms with Gasteiger partial charge in [-0.25, -0.2) is 0 Å². The predicted octanol–water partition coefficient (Wildman–Crippen LogP) is 2.49. The summed E-state index contributed by atoms with van der Waals surface area (Å²) in [7, 11) is 0. The van der Waals surface area contributed by atoms with Crippen molar-refractivity contribution in [1.29, 1.82) is 0 Å². The third-order valence-electron chi connectivity index (χ3n) is 2.72. The van der Waals surface area contributed by atoms with Gasteiger partial charge in [-0.2, -0.15) is 0 Å². The fraction of sp³-hybridized carbons (Fsp3) is 0.0714. The fourth-order valence-corrected chi connectivity index (χ4v) is 2.63. The molecule has 0 atom stereocenters. The van der Waals surface area contributed by atoms with Crippen molar-refractivity contribution in [3.63, 3.8) is 0 Å². The Kier molecular flexibility index (Phi) is 3.30. The fourth-order valence-electron chi connectivity index (χ4n) is 1.78. The molecule has 100 valence electrons. The monoisotopic (exact) mass is 285 g/mol. The molecule has 2 aromatic heterocycles. The van der Waals surface area contributed by atoms with E-state index in [-0.39, 0.29) is 0 Å². The molecule has 0 spiro atoms. The number of nitrogens with zero attached hydrogens (tertiary/aromatic N) is 2. The first-order valence-electron chi connectivity index (χ1n) is 5.98. The number of amides is 1. The third kappa shape index (κ3) is 2.60. The zero-order chi connectivity index (χ0) is 13.9.